The Bertz CT molecular complexity index is 1050. The summed E-state index contributed by atoms with van der Waals surface area (Å²) in [6, 6.07) is 22.4. The molecule has 0 spiro atoms. The molecular weight excluding hydrogens is 458 g/mol. The van der Waals surface area contributed by atoms with Gasteiger partial charge >= 0.3 is 5.97 Å². The van der Waals surface area contributed by atoms with Crippen LogP contribution in [0.25, 0.3) is 0 Å². The van der Waals surface area contributed by atoms with Crippen LogP contribution in [0, 0.1) is 6.92 Å². The maximum absolute atomic E-state index is 13.2. The second-order valence-electron chi connectivity index (χ2n) is 7.30. The van der Waals surface area contributed by atoms with E-state index in [2.05, 4.69) is 15.9 Å². The van der Waals surface area contributed by atoms with E-state index in [0.29, 0.717) is 11.0 Å². The lowest BCUT2D eigenvalue weighted by atomic mass is 10.1. The summed E-state index contributed by atoms with van der Waals surface area (Å²) >= 11 is 3.32. The summed E-state index contributed by atoms with van der Waals surface area (Å²) in [6.07, 6.45) is 0. The van der Waals surface area contributed by atoms with Gasteiger partial charge in [-0.15, -0.1) is 0 Å². The third-order valence-corrected chi connectivity index (χ3v) is 5.71. The average molecular weight is 482 g/mol. The number of carboxylic acids is 1. The van der Waals surface area contributed by atoms with Crippen LogP contribution in [0.3, 0.4) is 0 Å². The fourth-order valence-corrected chi connectivity index (χ4v) is 3.76. The Balaban J connectivity index is 1.84. The molecule has 1 amide bonds. The summed E-state index contributed by atoms with van der Waals surface area (Å²) < 4.78 is 6.18. The molecule has 0 aliphatic heterocycles. The third kappa shape index (κ3) is 5.73. The highest BCUT2D eigenvalue weighted by molar-refractivity contribution is 9.10. The van der Waals surface area contributed by atoms with Crippen LogP contribution in [0.2, 0.25) is 0 Å². The highest BCUT2D eigenvalue weighted by atomic mass is 79.9. The number of aromatic carboxylic acids is 1. The number of benzene rings is 3. The number of amides is 1. The standard InChI is InChI=1S/C25H24BrNO4/c1-17-11-13-19(14-12-17)15-27(18(2)20-7-4-3-5-8-20)23(28)16-31-24-21(25(29)30)9-6-10-22(24)26/h3-14,18H,15-16H2,1-2H3,(H,29,30)/t18-/m0/s1. The molecule has 3 aromatic rings. The van der Waals surface area contributed by atoms with Gasteiger partial charge < -0.3 is 14.7 Å². The number of carboxylic acid groups (broad SMARTS) is 1. The van der Waals surface area contributed by atoms with E-state index in [4.69, 9.17) is 4.74 Å². The van der Waals surface area contributed by atoms with Gasteiger partial charge in [0, 0.05) is 6.54 Å². The van der Waals surface area contributed by atoms with Gasteiger partial charge in [0.05, 0.1) is 10.5 Å². The number of carbonyl (C=O) groups is 2. The molecule has 0 aromatic heterocycles. The SMILES string of the molecule is Cc1ccc(CN(C(=O)COc2c(Br)cccc2C(=O)O)[C@@H](C)c2ccccc2)cc1. The molecule has 0 aliphatic rings. The largest absolute Gasteiger partial charge is 0.482 e. The topological polar surface area (TPSA) is 66.8 Å². The molecule has 3 rings (SSSR count). The molecule has 1 N–H and O–H groups in total. The lowest BCUT2D eigenvalue weighted by Gasteiger charge is -2.30. The number of hydrogen-bond donors (Lipinski definition) is 1. The summed E-state index contributed by atoms with van der Waals surface area (Å²) in [4.78, 5) is 26.5. The Morgan fingerprint density at radius 1 is 1.00 bits per heavy atom. The maximum Gasteiger partial charge on any atom is 0.339 e. The fraction of sp³-hybridized carbons (Fsp3) is 0.200. The first-order valence-corrected chi connectivity index (χ1v) is 10.7. The van der Waals surface area contributed by atoms with E-state index in [1.54, 1.807) is 17.0 Å². The van der Waals surface area contributed by atoms with E-state index >= 15 is 0 Å². The Morgan fingerprint density at radius 3 is 2.32 bits per heavy atom. The molecule has 0 bridgehead atoms. The number of rotatable bonds is 8. The van der Waals surface area contributed by atoms with E-state index in [1.807, 2.05) is 68.4 Å². The van der Waals surface area contributed by atoms with Crippen LogP contribution in [0.1, 0.15) is 40.0 Å². The van der Waals surface area contributed by atoms with E-state index in [-0.39, 0.29) is 29.9 Å². The molecule has 6 heteroatoms. The highest BCUT2D eigenvalue weighted by Crippen LogP contribution is 2.30. The number of ether oxygens (including phenoxy) is 1. The molecule has 0 aliphatic carbocycles. The molecule has 0 unspecified atom stereocenters. The van der Waals surface area contributed by atoms with E-state index in [1.165, 1.54) is 6.07 Å². The van der Waals surface area contributed by atoms with Gasteiger partial charge in [-0.25, -0.2) is 4.79 Å². The second kappa shape index (κ2) is 10.3. The van der Waals surface area contributed by atoms with Crippen molar-refractivity contribution in [1.29, 1.82) is 0 Å². The van der Waals surface area contributed by atoms with Crippen LogP contribution in [0.15, 0.2) is 77.3 Å². The molecule has 0 fully saturated rings. The zero-order valence-electron chi connectivity index (χ0n) is 17.4. The quantitative estimate of drug-likeness (QED) is 0.452. The van der Waals surface area contributed by atoms with Gasteiger partial charge in [0.2, 0.25) is 0 Å². The molecule has 0 heterocycles. The van der Waals surface area contributed by atoms with Crippen molar-refractivity contribution in [2.24, 2.45) is 0 Å². The Kier molecular flexibility index (Phi) is 7.47. The first kappa shape index (κ1) is 22.6. The number of nitrogens with zero attached hydrogens (tertiary/aromatic N) is 1. The minimum absolute atomic E-state index is 0.00312. The Hall–Kier alpha value is -3.12. The summed E-state index contributed by atoms with van der Waals surface area (Å²) in [5.74, 6) is -1.20. The molecule has 0 saturated heterocycles. The molecule has 31 heavy (non-hydrogen) atoms. The zero-order valence-corrected chi connectivity index (χ0v) is 19.0. The number of para-hydroxylation sites is 1. The summed E-state index contributed by atoms with van der Waals surface area (Å²) in [6.45, 7) is 4.14. The maximum atomic E-state index is 13.2. The average Bonchev–Trinajstić information content (AvgIpc) is 2.77. The van der Waals surface area contributed by atoms with E-state index in [9.17, 15) is 14.7 Å². The molecule has 0 saturated carbocycles. The summed E-state index contributed by atoms with van der Waals surface area (Å²) in [5, 5.41) is 9.42. The van der Waals surface area contributed by atoms with Crippen molar-refractivity contribution in [2.75, 3.05) is 6.61 Å². The number of hydrogen-bond acceptors (Lipinski definition) is 3. The lowest BCUT2D eigenvalue weighted by Crippen LogP contribution is -2.36. The van der Waals surface area contributed by atoms with Gasteiger partial charge in [0.25, 0.3) is 5.91 Å². The van der Waals surface area contributed by atoms with Crippen molar-refractivity contribution in [3.8, 4) is 5.75 Å². The van der Waals surface area contributed by atoms with Crippen LogP contribution in [-0.4, -0.2) is 28.5 Å². The molecule has 3 aromatic carbocycles. The Labute approximate surface area is 190 Å². The minimum Gasteiger partial charge on any atom is -0.482 e. The van der Waals surface area contributed by atoms with E-state index < -0.39 is 5.97 Å². The van der Waals surface area contributed by atoms with Gasteiger partial charge in [0.1, 0.15) is 11.3 Å². The predicted molar refractivity (Wildman–Crippen MR) is 123 cm³/mol. The first-order chi connectivity index (χ1) is 14.9. The number of aryl methyl sites for hydroxylation is 1. The van der Waals surface area contributed by atoms with Crippen LogP contribution >= 0.6 is 15.9 Å². The van der Waals surface area contributed by atoms with E-state index in [0.717, 1.165) is 16.7 Å². The van der Waals surface area contributed by atoms with Crippen LogP contribution in [0.5, 0.6) is 5.75 Å². The van der Waals surface area contributed by atoms with Crippen LogP contribution in [0.4, 0.5) is 0 Å². The monoisotopic (exact) mass is 481 g/mol. The molecule has 5 nitrogen and oxygen atoms in total. The fourth-order valence-electron chi connectivity index (χ4n) is 3.28. The molecular formula is C25H24BrNO4. The molecule has 1 atom stereocenters. The van der Waals surface area contributed by atoms with Crippen molar-refractivity contribution in [3.63, 3.8) is 0 Å². The number of halogens is 1. The van der Waals surface area contributed by atoms with Crippen molar-refractivity contribution < 1.29 is 19.4 Å². The zero-order chi connectivity index (χ0) is 22.4. The van der Waals surface area contributed by atoms with Gasteiger partial charge in [-0.2, -0.15) is 0 Å². The smallest absolute Gasteiger partial charge is 0.339 e. The normalized spacial score (nSPS) is 11.6. The molecule has 160 valence electrons. The van der Waals surface area contributed by atoms with Crippen molar-refractivity contribution >= 4 is 27.8 Å². The summed E-state index contributed by atoms with van der Waals surface area (Å²) in [5.41, 5.74) is 3.17. The molecule has 0 radical (unpaired) electrons. The third-order valence-electron chi connectivity index (χ3n) is 5.08. The first-order valence-electron chi connectivity index (χ1n) is 9.91. The lowest BCUT2D eigenvalue weighted by molar-refractivity contribution is -0.136. The second-order valence-corrected chi connectivity index (χ2v) is 8.16. The highest BCUT2D eigenvalue weighted by Gasteiger charge is 2.24. The predicted octanol–water partition coefficient (Wildman–Crippen LogP) is 5.62. The van der Waals surface area contributed by atoms with Crippen LogP contribution < -0.4 is 4.74 Å². The summed E-state index contributed by atoms with van der Waals surface area (Å²) in [7, 11) is 0. The van der Waals surface area contributed by atoms with Crippen molar-refractivity contribution in [3.05, 3.63) is 99.5 Å². The van der Waals surface area contributed by atoms with Gasteiger partial charge in [-0.3, -0.25) is 4.79 Å². The van der Waals surface area contributed by atoms with Crippen molar-refractivity contribution in [1.82, 2.24) is 4.90 Å². The van der Waals surface area contributed by atoms with Gasteiger partial charge in [0.15, 0.2) is 6.61 Å². The minimum atomic E-state index is -1.11. The van der Waals surface area contributed by atoms with Gasteiger partial charge in [-0.1, -0.05) is 66.2 Å². The van der Waals surface area contributed by atoms with Crippen LogP contribution in [-0.2, 0) is 11.3 Å². The Morgan fingerprint density at radius 2 is 1.68 bits per heavy atom. The van der Waals surface area contributed by atoms with Gasteiger partial charge in [-0.05, 0) is 53.0 Å². The number of carbonyl (C=O) groups excluding carboxylic acids is 1. The van der Waals surface area contributed by atoms with Crippen molar-refractivity contribution in [2.45, 2.75) is 26.4 Å².